The summed E-state index contributed by atoms with van der Waals surface area (Å²) in [7, 11) is -6.63. The summed E-state index contributed by atoms with van der Waals surface area (Å²) in [5.41, 5.74) is 0. The lowest BCUT2D eigenvalue weighted by atomic mass is 10.4. The molecule has 0 fully saturated rings. The average Bonchev–Trinajstić information content (AvgIpc) is 2.75. The van der Waals surface area contributed by atoms with Crippen LogP contribution in [-0.4, -0.2) is 59.6 Å². The molecule has 0 bridgehead atoms. The van der Waals surface area contributed by atoms with E-state index in [1.165, 1.54) is 0 Å². The maximum atomic E-state index is 6.35. The van der Waals surface area contributed by atoms with E-state index >= 15 is 0 Å². The Hall–Kier alpha value is 0.844. The fraction of sp³-hybridized carbons (Fsp3) is 1.00. The lowest BCUT2D eigenvalue weighted by molar-refractivity contribution is 0.237. The predicted molar refractivity (Wildman–Crippen MR) is 127 cm³/mol. The van der Waals surface area contributed by atoms with Crippen molar-refractivity contribution in [1.29, 1.82) is 0 Å². The van der Waals surface area contributed by atoms with E-state index in [-0.39, 0.29) is 0 Å². The Morgan fingerprint density at radius 3 is 0.931 bits per heavy atom. The summed E-state index contributed by atoms with van der Waals surface area (Å²) in [4.78, 5) is 0. The van der Waals surface area contributed by atoms with Crippen molar-refractivity contribution in [2.45, 2.75) is 104 Å². The highest BCUT2D eigenvalue weighted by Crippen LogP contribution is 2.12. The summed E-state index contributed by atoms with van der Waals surface area (Å²) in [6.45, 7) is 16.6. The molecule has 0 N–H and O–H groups in total. The van der Waals surface area contributed by atoms with Crippen LogP contribution >= 0.6 is 0 Å². The van der Waals surface area contributed by atoms with Crippen LogP contribution in [0.1, 0.15) is 74.1 Å². The smallest absolute Gasteiger partial charge is 0.374 e. The Morgan fingerprint density at radius 1 is 0.414 bits per heavy atom. The topological polar surface area (TPSA) is 55.4 Å². The van der Waals surface area contributed by atoms with E-state index in [1.54, 1.807) is 0 Å². The Morgan fingerprint density at radius 2 is 0.690 bits per heavy atom. The van der Waals surface area contributed by atoms with E-state index in [0.29, 0.717) is 0 Å². The van der Waals surface area contributed by atoms with Crippen molar-refractivity contribution in [1.82, 2.24) is 0 Å². The van der Waals surface area contributed by atoms with Crippen LogP contribution in [0.25, 0.3) is 0 Å². The van der Waals surface area contributed by atoms with Crippen molar-refractivity contribution in [3.8, 4) is 0 Å². The minimum Gasteiger partial charge on any atom is -0.414 e. The van der Waals surface area contributed by atoms with E-state index in [4.69, 9.17) is 25.3 Å². The Bertz CT molecular complexity index is 329. The van der Waals surface area contributed by atoms with Crippen LogP contribution in [0.15, 0.2) is 0 Å². The summed E-state index contributed by atoms with van der Waals surface area (Å²) >= 11 is 0. The molecule has 0 unspecified atom stereocenters. The van der Waals surface area contributed by atoms with E-state index in [9.17, 15) is 0 Å². The van der Waals surface area contributed by atoms with Crippen LogP contribution in [0.4, 0.5) is 0 Å². The molecule has 0 heterocycles. The summed E-state index contributed by atoms with van der Waals surface area (Å²) < 4.78 is 37.2. The zero-order valence-corrected chi connectivity index (χ0v) is 24.7. The maximum absolute atomic E-state index is 6.35. The molecule has 0 aliphatic carbocycles. The van der Waals surface area contributed by atoms with Crippen LogP contribution < -0.4 is 0 Å². The third-order valence-corrected chi connectivity index (χ3v) is 15.1. The number of rotatable bonds is 21. The first kappa shape index (κ1) is 29.8. The summed E-state index contributed by atoms with van der Waals surface area (Å²) in [5.74, 6) is 0. The van der Waals surface area contributed by atoms with E-state index in [2.05, 4.69) is 48.5 Å². The predicted octanol–water partition coefficient (Wildman–Crippen LogP) is 5.23. The van der Waals surface area contributed by atoms with Gasteiger partial charge in [-0.15, -0.1) is 0 Å². The summed E-state index contributed by atoms with van der Waals surface area (Å²) in [5, 5.41) is 0. The third kappa shape index (κ3) is 15.3. The van der Waals surface area contributed by atoms with Gasteiger partial charge in [0.25, 0.3) is 0 Å². The van der Waals surface area contributed by atoms with Crippen LogP contribution in [0, 0.1) is 0 Å². The molecule has 0 aliphatic rings. The van der Waals surface area contributed by atoms with E-state index in [0.717, 1.165) is 69.1 Å². The molecular weight excluding hydrogens is 453 g/mol. The van der Waals surface area contributed by atoms with Crippen LogP contribution in [-0.2, 0) is 25.3 Å². The lowest BCUT2D eigenvalue weighted by Crippen LogP contribution is -2.43. The highest BCUT2D eigenvalue weighted by atomic mass is 28.5. The monoisotopic (exact) mass is 495 g/mol. The van der Waals surface area contributed by atoms with Gasteiger partial charge < -0.3 is 25.3 Å². The van der Waals surface area contributed by atoms with Crippen molar-refractivity contribution in [2.24, 2.45) is 0 Å². The van der Waals surface area contributed by atoms with E-state index < -0.39 is 46.4 Å². The van der Waals surface area contributed by atoms with Crippen LogP contribution in [0.3, 0.4) is 0 Å². The molecule has 6 nitrogen and oxygen atoms in total. The Kier molecular flexibility index (Phi) is 21.3. The Labute approximate surface area is 189 Å². The minimum atomic E-state index is -1.40. The third-order valence-electron chi connectivity index (χ3n) is 3.88. The van der Waals surface area contributed by atoms with Gasteiger partial charge in [-0.3, -0.25) is 0 Å². The molecule has 171 valence electrons. The summed E-state index contributed by atoms with van der Waals surface area (Å²) in [6.07, 6.45) is 4.45. The second-order valence-corrected chi connectivity index (χ2v) is 17.5. The van der Waals surface area contributed by atoms with Gasteiger partial charge in [-0.25, -0.2) is 0 Å². The molecule has 0 aromatic rings. The van der Waals surface area contributed by atoms with Gasteiger partial charge in [-0.05, 0) is 43.1 Å². The van der Waals surface area contributed by atoms with Crippen molar-refractivity contribution in [3.05, 3.63) is 0 Å². The van der Waals surface area contributed by atoms with Gasteiger partial charge in [-0.2, -0.15) is 0 Å². The molecule has 0 atom stereocenters. The molecular formula is C18H43O6Si5. The fourth-order valence-electron chi connectivity index (χ4n) is 2.07. The zero-order valence-electron chi connectivity index (χ0n) is 19.7. The van der Waals surface area contributed by atoms with Gasteiger partial charge in [0.05, 0.1) is 0 Å². The van der Waals surface area contributed by atoms with Gasteiger partial charge >= 0.3 is 46.4 Å². The molecule has 0 saturated carbocycles. The molecule has 0 aromatic heterocycles. The van der Waals surface area contributed by atoms with Gasteiger partial charge in [0, 0.05) is 13.2 Å². The van der Waals surface area contributed by atoms with E-state index in [1.807, 2.05) is 0 Å². The second-order valence-electron chi connectivity index (χ2n) is 6.44. The minimum absolute atomic E-state index is 0.788. The SMILES string of the molecule is CCCCO[Si](CC)O[Si](CC)O[Si](CC)O[Si](CC)O[Si](CC)OCCCC. The quantitative estimate of drug-likeness (QED) is 0.161. The van der Waals surface area contributed by atoms with Crippen molar-refractivity contribution >= 4 is 46.4 Å². The fourth-order valence-corrected chi connectivity index (χ4v) is 14.0. The largest absolute Gasteiger partial charge is 0.414 e. The molecule has 0 aromatic carbocycles. The molecule has 0 rings (SSSR count). The first-order valence-corrected chi connectivity index (χ1v) is 19.0. The van der Waals surface area contributed by atoms with Gasteiger partial charge in [0.1, 0.15) is 0 Å². The maximum Gasteiger partial charge on any atom is 0.374 e. The average molecular weight is 496 g/mol. The molecule has 0 amide bonds. The van der Waals surface area contributed by atoms with Crippen LogP contribution in [0.5, 0.6) is 0 Å². The van der Waals surface area contributed by atoms with Gasteiger partial charge in [0.15, 0.2) is 0 Å². The normalized spacial score (nSPS) is 12.4. The molecule has 11 heteroatoms. The Balaban J connectivity index is 4.61. The van der Waals surface area contributed by atoms with Gasteiger partial charge in [-0.1, -0.05) is 61.3 Å². The number of hydrogen-bond donors (Lipinski definition) is 0. The summed E-state index contributed by atoms with van der Waals surface area (Å²) in [6, 6.07) is 4.55. The molecule has 0 aliphatic heterocycles. The molecule has 0 spiro atoms. The first-order chi connectivity index (χ1) is 14.1. The number of hydrogen-bond acceptors (Lipinski definition) is 6. The highest BCUT2D eigenvalue weighted by molar-refractivity contribution is 6.70. The van der Waals surface area contributed by atoms with Crippen molar-refractivity contribution in [3.63, 3.8) is 0 Å². The lowest BCUT2D eigenvalue weighted by Gasteiger charge is -2.26. The van der Waals surface area contributed by atoms with Crippen molar-refractivity contribution in [2.75, 3.05) is 13.2 Å². The zero-order chi connectivity index (χ0) is 21.9. The highest BCUT2D eigenvalue weighted by Gasteiger charge is 2.31. The van der Waals surface area contributed by atoms with Crippen LogP contribution in [0.2, 0.25) is 30.2 Å². The standard InChI is InChI=1S/C18H43O6Si5/c1-8-15-17-19-25(10-3)21-27(12-5)23-29(14-7)24-28(13-6)22-26(11-4)20-18-16-9-2/h8-18H2,1-7H3. The number of unbranched alkanes of at least 4 members (excludes halogenated alkanes) is 2. The van der Waals surface area contributed by atoms with Crippen molar-refractivity contribution < 1.29 is 25.3 Å². The second kappa shape index (κ2) is 20.7. The molecule has 0 saturated heterocycles. The van der Waals surface area contributed by atoms with Gasteiger partial charge in [0.2, 0.25) is 0 Å². The molecule has 5 radical (unpaired) electrons. The first-order valence-electron chi connectivity index (χ1n) is 11.3. The molecule has 29 heavy (non-hydrogen) atoms.